The Labute approximate surface area is 95.6 Å². The van der Waals surface area contributed by atoms with E-state index in [1.165, 1.54) is 5.56 Å². The summed E-state index contributed by atoms with van der Waals surface area (Å²) in [5.41, 5.74) is 2.33. The molecular weight excluding hydrogens is 206 g/mol. The average Bonchev–Trinajstić information content (AvgIpc) is 2.58. The molecule has 1 aromatic heterocycles. The predicted molar refractivity (Wildman–Crippen MR) is 60.0 cm³/mol. The van der Waals surface area contributed by atoms with E-state index in [2.05, 4.69) is 16.2 Å². The first-order valence-corrected chi connectivity index (χ1v) is 5.63. The molecule has 1 N–H and O–H groups in total. The number of hydrogen-bond donors (Lipinski definition) is 1. The summed E-state index contributed by atoms with van der Waals surface area (Å²) in [5, 5.41) is 13.4. The Kier molecular flexibility index (Phi) is 3.58. The van der Waals surface area contributed by atoms with Gasteiger partial charge in [0.2, 0.25) is 0 Å². The molecule has 2 heterocycles. The number of morpholine rings is 1. The van der Waals surface area contributed by atoms with E-state index >= 15 is 0 Å². The SMILES string of the molecule is Cc1nn(C)cc1CN1CCOC(CO)C1. The maximum atomic E-state index is 9.07. The van der Waals surface area contributed by atoms with E-state index < -0.39 is 0 Å². The summed E-state index contributed by atoms with van der Waals surface area (Å²) in [6.45, 7) is 5.43. The lowest BCUT2D eigenvalue weighted by molar-refractivity contribution is -0.0551. The lowest BCUT2D eigenvalue weighted by Gasteiger charge is -2.31. The Morgan fingerprint density at radius 2 is 2.44 bits per heavy atom. The molecule has 0 aliphatic carbocycles. The second-order valence-electron chi connectivity index (χ2n) is 4.32. The standard InChI is InChI=1S/C11H19N3O2/c1-9-10(5-13(2)12-9)6-14-3-4-16-11(7-14)8-15/h5,11,15H,3-4,6-8H2,1-2H3. The highest BCUT2D eigenvalue weighted by molar-refractivity contribution is 5.15. The van der Waals surface area contributed by atoms with Crippen molar-refractivity contribution in [3.05, 3.63) is 17.5 Å². The summed E-state index contributed by atoms with van der Waals surface area (Å²) >= 11 is 0. The predicted octanol–water partition coefficient (Wildman–Crippen LogP) is -0.0784. The Bertz CT molecular complexity index is 351. The molecule has 1 aromatic rings. The van der Waals surface area contributed by atoms with Crippen LogP contribution < -0.4 is 0 Å². The van der Waals surface area contributed by atoms with Gasteiger partial charge in [0, 0.05) is 38.4 Å². The first kappa shape index (κ1) is 11.6. The van der Waals surface area contributed by atoms with Crippen molar-refractivity contribution in [1.29, 1.82) is 0 Å². The van der Waals surface area contributed by atoms with Gasteiger partial charge in [-0.15, -0.1) is 0 Å². The van der Waals surface area contributed by atoms with Gasteiger partial charge < -0.3 is 9.84 Å². The zero-order valence-corrected chi connectivity index (χ0v) is 9.89. The molecule has 0 saturated carbocycles. The van der Waals surface area contributed by atoms with Crippen molar-refractivity contribution >= 4 is 0 Å². The molecule has 1 atom stereocenters. The highest BCUT2D eigenvalue weighted by Crippen LogP contribution is 2.12. The van der Waals surface area contributed by atoms with Gasteiger partial charge >= 0.3 is 0 Å². The Morgan fingerprint density at radius 1 is 1.62 bits per heavy atom. The first-order chi connectivity index (χ1) is 7.69. The van der Waals surface area contributed by atoms with Crippen LogP contribution in [0.15, 0.2) is 6.20 Å². The molecule has 1 unspecified atom stereocenters. The molecule has 0 amide bonds. The molecule has 5 heteroatoms. The van der Waals surface area contributed by atoms with Gasteiger partial charge in [-0.25, -0.2) is 0 Å². The van der Waals surface area contributed by atoms with Crippen LogP contribution in [0.25, 0.3) is 0 Å². The van der Waals surface area contributed by atoms with Crippen LogP contribution >= 0.6 is 0 Å². The van der Waals surface area contributed by atoms with Gasteiger partial charge in [0.05, 0.1) is 25.0 Å². The van der Waals surface area contributed by atoms with Gasteiger partial charge in [-0.3, -0.25) is 9.58 Å². The van der Waals surface area contributed by atoms with Gasteiger partial charge in [0.15, 0.2) is 0 Å². The molecule has 0 aromatic carbocycles. The van der Waals surface area contributed by atoms with Gasteiger partial charge in [-0.1, -0.05) is 0 Å². The summed E-state index contributed by atoms with van der Waals surface area (Å²) in [6, 6.07) is 0. The summed E-state index contributed by atoms with van der Waals surface area (Å²) in [4.78, 5) is 2.30. The zero-order valence-electron chi connectivity index (χ0n) is 9.89. The maximum absolute atomic E-state index is 9.07. The highest BCUT2D eigenvalue weighted by Gasteiger charge is 2.20. The second kappa shape index (κ2) is 4.95. The number of nitrogens with zero attached hydrogens (tertiary/aromatic N) is 3. The van der Waals surface area contributed by atoms with Crippen LogP contribution in [-0.4, -0.2) is 52.2 Å². The fourth-order valence-electron chi connectivity index (χ4n) is 2.08. The van der Waals surface area contributed by atoms with Crippen molar-refractivity contribution in [3.63, 3.8) is 0 Å². The Morgan fingerprint density at radius 3 is 3.06 bits per heavy atom. The van der Waals surface area contributed by atoms with E-state index in [0.29, 0.717) is 6.61 Å². The van der Waals surface area contributed by atoms with E-state index in [4.69, 9.17) is 9.84 Å². The van der Waals surface area contributed by atoms with E-state index in [9.17, 15) is 0 Å². The highest BCUT2D eigenvalue weighted by atomic mass is 16.5. The number of ether oxygens (including phenoxy) is 1. The second-order valence-corrected chi connectivity index (χ2v) is 4.32. The molecular formula is C11H19N3O2. The van der Waals surface area contributed by atoms with Gasteiger partial charge in [0.25, 0.3) is 0 Å². The van der Waals surface area contributed by atoms with Crippen LogP contribution in [0.5, 0.6) is 0 Å². The third-order valence-electron chi connectivity index (χ3n) is 2.94. The normalized spacial score (nSPS) is 22.6. The summed E-state index contributed by atoms with van der Waals surface area (Å²) < 4.78 is 7.26. The number of aliphatic hydroxyl groups is 1. The van der Waals surface area contributed by atoms with Crippen LogP contribution in [0, 0.1) is 6.92 Å². The number of rotatable bonds is 3. The van der Waals surface area contributed by atoms with Crippen LogP contribution in [-0.2, 0) is 18.3 Å². The third kappa shape index (κ3) is 2.61. The van der Waals surface area contributed by atoms with Crippen LogP contribution in [0.4, 0.5) is 0 Å². The molecule has 5 nitrogen and oxygen atoms in total. The minimum atomic E-state index is -0.0364. The van der Waals surface area contributed by atoms with E-state index in [1.807, 2.05) is 18.7 Å². The summed E-state index contributed by atoms with van der Waals surface area (Å²) in [7, 11) is 1.94. The number of aliphatic hydroxyl groups excluding tert-OH is 1. The minimum Gasteiger partial charge on any atom is -0.394 e. The fourth-order valence-corrected chi connectivity index (χ4v) is 2.08. The van der Waals surface area contributed by atoms with Crippen LogP contribution in [0.3, 0.4) is 0 Å². The molecule has 1 saturated heterocycles. The van der Waals surface area contributed by atoms with Crippen molar-refractivity contribution in [2.45, 2.75) is 19.6 Å². The van der Waals surface area contributed by atoms with Gasteiger partial charge in [-0.2, -0.15) is 5.10 Å². The Hall–Kier alpha value is -0.910. The molecule has 2 rings (SSSR count). The van der Waals surface area contributed by atoms with Crippen molar-refractivity contribution in [1.82, 2.24) is 14.7 Å². The number of aromatic nitrogens is 2. The van der Waals surface area contributed by atoms with E-state index in [0.717, 1.165) is 25.3 Å². The van der Waals surface area contributed by atoms with Crippen molar-refractivity contribution in [2.24, 2.45) is 7.05 Å². The quantitative estimate of drug-likeness (QED) is 0.782. The monoisotopic (exact) mass is 225 g/mol. The van der Waals surface area contributed by atoms with Gasteiger partial charge in [0.1, 0.15) is 0 Å². The molecule has 0 bridgehead atoms. The maximum Gasteiger partial charge on any atom is 0.0933 e. The molecule has 0 spiro atoms. The average molecular weight is 225 g/mol. The largest absolute Gasteiger partial charge is 0.394 e. The number of hydrogen-bond acceptors (Lipinski definition) is 4. The third-order valence-corrected chi connectivity index (χ3v) is 2.94. The molecule has 1 aliphatic heterocycles. The fraction of sp³-hybridized carbons (Fsp3) is 0.727. The molecule has 16 heavy (non-hydrogen) atoms. The summed E-state index contributed by atoms with van der Waals surface area (Å²) in [5.74, 6) is 0. The lowest BCUT2D eigenvalue weighted by Crippen LogP contribution is -2.43. The lowest BCUT2D eigenvalue weighted by atomic mass is 10.2. The minimum absolute atomic E-state index is 0.0364. The topological polar surface area (TPSA) is 50.5 Å². The first-order valence-electron chi connectivity index (χ1n) is 5.63. The van der Waals surface area contributed by atoms with E-state index in [1.54, 1.807) is 0 Å². The van der Waals surface area contributed by atoms with Gasteiger partial charge in [-0.05, 0) is 6.92 Å². The van der Waals surface area contributed by atoms with Crippen molar-refractivity contribution in [3.8, 4) is 0 Å². The van der Waals surface area contributed by atoms with Crippen LogP contribution in [0.1, 0.15) is 11.3 Å². The molecule has 1 aliphatic rings. The van der Waals surface area contributed by atoms with E-state index in [-0.39, 0.29) is 12.7 Å². The molecule has 1 fully saturated rings. The van der Waals surface area contributed by atoms with Crippen molar-refractivity contribution in [2.75, 3.05) is 26.3 Å². The molecule has 90 valence electrons. The van der Waals surface area contributed by atoms with Crippen LogP contribution in [0.2, 0.25) is 0 Å². The zero-order chi connectivity index (χ0) is 11.5. The number of aryl methyl sites for hydroxylation is 2. The van der Waals surface area contributed by atoms with Crippen molar-refractivity contribution < 1.29 is 9.84 Å². The summed E-state index contributed by atoms with van der Waals surface area (Å²) in [6.07, 6.45) is 2.02. The Balaban J connectivity index is 1.96. The smallest absolute Gasteiger partial charge is 0.0933 e. The molecule has 0 radical (unpaired) electrons.